The molecule has 2 aromatic rings. The van der Waals surface area contributed by atoms with E-state index in [0.29, 0.717) is 16.4 Å². The lowest BCUT2D eigenvalue weighted by Crippen LogP contribution is -2.01. The fourth-order valence-electron chi connectivity index (χ4n) is 1.35. The summed E-state index contributed by atoms with van der Waals surface area (Å²) in [5.41, 5.74) is 5.78. The van der Waals surface area contributed by atoms with Crippen molar-refractivity contribution in [3.63, 3.8) is 0 Å². The number of esters is 1. The second-order valence-electron chi connectivity index (χ2n) is 3.39. The molecule has 94 valence electrons. The SMILES string of the molecule is COC(=O)c1sccc1Oc1ccc(F)cc1N. The lowest BCUT2D eigenvalue weighted by Gasteiger charge is -2.08. The minimum atomic E-state index is -0.485. The summed E-state index contributed by atoms with van der Waals surface area (Å²) in [6.45, 7) is 0. The molecule has 0 bridgehead atoms. The average molecular weight is 267 g/mol. The molecule has 0 amide bonds. The number of rotatable bonds is 3. The van der Waals surface area contributed by atoms with Gasteiger partial charge in [0, 0.05) is 6.07 Å². The molecule has 18 heavy (non-hydrogen) atoms. The quantitative estimate of drug-likeness (QED) is 0.685. The normalized spacial score (nSPS) is 10.1. The largest absolute Gasteiger partial charge is 0.465 e. The standard InChI is InChI=1S/C12H10FNO3S/c1-16-12(15)11-10(4-5-18-11)17-9-3-2-7(13)6-8(9)14/h2-6H,14H2,1H3. The van der Waals surface area contributed by atoms with Crippen LogP contribution in [0.4, 0.5) is 10.1 Å². The Morgan fingerprint density at radius 3 is 2.78 bits per heavy atom. The van der Waals surface area contributed by atoms with E-state index in [2.05, 4.69) is 4.74 Å². The van der Waals surface area contributed by atoms with Gasteiger partial charge in [-0.25, -0.2) is 9.18 Å². The molecule has 0 saturated carbocycles. The Balaban J connectivity index is 2.29. The van der Waals surface area contributed by atoms with Crippen LogP contribution < -0.4 is 10.5 Å². The lowest BCUT2D eigenvalue weighted by atomic mass is 10.3. The van der Waals surface area contributed by atoms with Crippen molar-refractivity contribution in [1.29, 1.82) is 0 Å². The van der Waals surface area contributed by atoms with Crippen LogP contribution in [0, 0.1) is 5.82 Å². The number of hydrogen-bond donors (Lipinski definition) is 1. The number of methoxy groups -OCH3 is 1. The summed E-state index contributed by atoms with van der Waals surface area (Å²) in [6.07, 6.45) is 0. The topological polar surface area (TPSA) is 61.5 Å². The molecule has 1 heterocycles. The molecule has 0 saturated heterocycles. The third-order valence-corrected chi connectivity index (χ3v) is 3.07. The molecular formula is C12H10FNO3S. The van der Waals surface area contributed by atoms with Crippen molar-refractivity contribution in [2.24, 2.45) is 0 Å². The van der Waals surface area contributed by atoms with Crippen LogP contribution in [0.3, 0.4) is 0 Å². The number of anilines is 1. The number of carbonyl (C=O) groups excluding carboxylic acids is 1. The van der Waals surface area contributed by atoms with Crippen molar-refractivity contribution >= 4 is 23.0 Å². The molecule has 0 atom stereocenters. The monoisotopic (exact) mass is 267 g/mol. The Bertz CT molecular complexity index is 582. The molecule has 0 aliphatic rings. The molecule has 0 fully saturated rings. The molecule has 0 spiro atoms. The van der Waals surface area contributed by atoms with Gasteiger partial charge in [0.2, 0.25) is 0 Å². The van der Waals surface area contributed by atoms with Crippen molar-refractivity contribution in [3.8, 4) is 11.5 Å². The molecule has 0 aliphatic carbocycles. The van der Waals surface area contributed by atoms with Gasteiger partial charge in [0.1, 0.15) is 5.82 Å². The van der Waals surface area contributed by atoms with E-state index >= 15 is 0 Å². The number of nitrogens with two attached hydrogens (primary N) is 1. The highest BCUT2D eigenvalue weighted by molar-refractivity contribution is 7.12. The number of halogens is 1. The first kappa shape index (κ1) is 12.4. The molecule has 0 radical (unpaired) electrons. The second-order valence-corrected chi connectivity index (χ2v) is 4.31. The van der Waals surface area contributed by atoms with E-state index in [0.717, 1.165) is 6.07 Å². The highest BCUT2D eigenvalue weighted by atomic mass is 32.1. The smallest absolute Gasteiger partial charge is 0.351 e. The van der Waals surface area contributed by atoms with Crippen LogP contribution in [0.2, 0.25) is 0 Å². The van der Waals surface area contributed by atoms with Gasteiger partial charge in [-0.15, -0.1) is 11.3 Å². The third-order valence-electron chi connectivity index (χ3n) is 2.19. The zero-order valence-electron chi connectivity index (χ0n) is 9.48. The molecule has 2 N–H and O–H groups in total. The van der Waals surface area contributed by atoms with Gasteiger partial charge < -0.3 is 15.2 Å². The maximum Gasteiger partial charge on any atom is 0.351 e. The van der Waals surface area contributed by atoms with E-state index in [9.17, 15) is 9.18 Å². The Hall–Kier alpha value is -2.08. The first-order valence-electron chi connectivity index (χ1n) is 5.00. The Morgan fingerprint density at radius 2 is 2.11 bits per heavy atom. The summed E-state index contributed by atoms with van der Waals surface area (Å²) >= 11 is 1.20. The fraction of sp³-hybridized carbons (Fsp3) is 0.0833. The van der Waals surface area contributed by atoms with Crippen LogP contribution in [-0.4, -0.2) is 13.1 Å². The van der Waals surface area contributed by atoms with Crippen LogP contribution in [0.1, 0.15) is 9.67 Å². The molecule has 6 heteroatoms. The predicted molar refractivity (Wildman–Crippen MR) is 66.5 cm³/mol. The van der Waals surface area contributed by atoms with E-state index in [1.165, 1.54) is 30.6 Å². The predicted octanol–water partition coefficient (Wildman–Crippen LogP) is 3.05. The van der Waals surface area contributed by atoms with E-state index in [1.807, 2.05) is 0 Å². The minimum Gasteiger partial charge on any atom is -0.465 e. The average Bonchev–Trinajstić information content (AvgIpc) is 2.80. The molecule has 2 rings (SSSR count). The number of hydrogen-bond acceptors (Lipinski definition) is 5. The molecule has 4 nitrogen and oxygen atoms in total. The lowest BCUT2D eigenvalue weighted by molar-refractivity contribution is 0.0604. The number of benzene rings is 1. The van der Waals surface area contributed by atoms with Gasteiger partial charge in [-0.2, -0.15) is 0 Å². The first-order chi connectivity index (χ1) is 8.61. The van der Waals surface area contributed by atoms with E-state index in [1.54, 1.807) is 11.4 Å². The third kappa shape index (κ3) is 2.43. The van der Waals surface area contributed by atoms with Crippen molar-refractivity contribution in [1.82, 2.24) is 0 Å². The van der Waals surface area contributed by atoms with Gasteiger partial charge in [-0.05, 0) is 23.6 Å². The van der Waals surface area contributed by atoms with Crippen molar-refractivity contribution in [2.75, 3.05) is 12.8 Å². The number of carbonyl (C=O) groups is 1. The molecular weight excluding hydrogens is 257 g/mol. The maximum absolute atomic E-state index is 12.9. The van der Waals surface area contributed by atoms with Gasteiger partial charge in [-0.3, -0.25) is 0 Å². The van der Waals surface area contributed by atoms with Gasteiger partial charge in [-0.1, -0.05) is 0 Å². The summed E-state index contributed by atoms with van der Waals surface area (Å²) in [6, 6.07) is 5.42. The zero-order valence-corrected chi connectivity index (χ0v) is 10.3. The van der Waals surface area contributed by atoms with Crippen LogP contribution in [-0.2, 0) is 4.74 Å². The van der Waals surface area contributed by atoms with E-state index in [-0.39, 0.29) is 5.69 Å². The van der Waals surface area contributed by atoms with Crippen molar-refractivity contribution in [2.45, 2.75) is 0 Å². The molecule has 0 aliphatic heterocycles. The Morgan fingerprint density at radius 1 is 1.33 bits per heavy atom. The highest BCUT2D eigenvalue weighted by Gasteiger charge is 2.16. The minimum absolute atomic E-state index is 0.164. The van der Waals surface area contributed by atoms with Crippen molar-refractivity contribution in [3.05, 3.63) is 40.3 Å². The molecule has 1 aromatic heterocycles. The van der Waals surface area contributed by atoms with E-state index < -0.39 is 11.8 Å². The summed E-state index contributed by atoms with van der Waals surface area (Å²) in [4.78, 5) is 11.8. The number of ether oxygens (including phenoxy) is 2. The van der Waals surface area contributed by atoms with E-state index in [4.69, 9.17) is 10.5 Å². The van der Waals surface area contributed by atoms with Crippen LogP contribution >= 0.6 is 11.3 Å². The molecule has 0 unspecified atom stereocenters. The summed E-state index contributed by atoms with van der Waals surface area (Å²) in [7, 11) is 1.29. The maximum atomic E-state index is 12.9. The van der Waals surface area contributed by atoms with Crippen LogP contribution in [0.5, 0.6) is 11.5 Å². The van der Waals surface area contributed by atoms with Crippen molar-refractivity contribution < 1.29 is 18.7 Å². The number of nitrogen functional groups attached to an aromatic ring is 1. The number of thiophene rings is 1. The fourth-order valence-corrected chi connectivity index (χ4v) is 2.08. The zero-order chi connectivity index (χ0) is 13.1. The van der Waals surface area contributed by atoms with Crippen LogP contribution in [0.15, 0.2) is 29.6 Å². The summed E-state index contributed by atoms with van der Waals surface area (Å²) < 4.78 is 23.0. The van der Waals surface area contributed by atoms with Gasteiger partial charge in [0.05, 0.1) is 12.8 Å². The Kier molecular flexibility index (Phi) is 3.47. The second kappa shape index (κ2) is 5.05. The van der Waals surface area contributed by atoms with Crippen LogP contribution in [0.25, 0.3) is 0 Å². The van der Waals surface area contributed by atoms with Gasteiger partial charge in [0.15, 0.2) is 16.4 Å². The summed E-state index contributed by atoms with van der Waals surface area (Å²) in [5.74, 6) is -0.302. The Labute approximate surface area is 107 Å². The van der Waals surface area contributed by atoms with Gasteiger partial charge >= 0.3 is 5.97 Å². The first-order valence-corrected chi connectivity index (χ1v) is 5.88. The molecule has 1 aromatic carbocycles. The highest BCUT2D eigenvalue weighted by Crippen LogP contribution is 2.33. The van der Waals surface area contributed by atoms with Gasteiger partial charge in [0.25, 0.3) is 0 Å². The summed E-state index contributed by atoms with van der Waals surface area (Å²) in [5, 5.41) is 1.70.